The molecule has 0 amide bonds. The van der Waals surface area contributed by atoms with Crippen molar-refractivity contribution >= 4 is 39.1 Å². The van der Waals surface area contributed by atoms with Gasteiger partial charge >= 0.3 is 0 Å². The molecule has 0 aliphatic heterocycles. The topological polar surface area (TPSA) is 47.8 Å². The molecule has 21 heavy (non-hydrogen) atoms. The van der Waals surface area contributed by atoms with Crippen LogP contribution in [-0.4, -0.2) is 26.1 Å². The highest BCUT2D eigenvalue weighted by molar-refractivity contribution is 8.00. The summed E-state index contributed by atoms with van der Waals surface area (Å²) < 4.78 is 3.09. The predicted molar refractivity (Wildman–Crippen MR) is 87.4 cm³/mol. The Morgan fingerprint density at radius 1 is 1.38 bits per heavy atom. The first-order chi connectivity index (χ1) is 10.1. The number of aryl methyl sites for hydroxylation is 1. The Bertz CT molecular complexity index is 820. The van der Waals surface area contributed by atoms with E-state index in [0.29, 0.717) is 5.75 Å². The Morgan fingerprint density at radius 2 is 2.19 bits per heavy atom. The Morgan fingerprint density at radius 3 is 2.90 bits per heavy atom. The molecule has 0 saturated carbocycles. The minimum absolute atomic E-state index is 0.143. The summed E-state index contributed by atoms with van der Waals surface area (Å²) in [4.78, 5) is 20.9. The van der Waals surface area contributed by atoms with Crippen LogP contribution < -0.4 is 0 Å². The lowest BCUT2D eigenvalue weighted by Crippen LogP contribution is -2.04. The number of nitrogens with zero attached hydrogens (tertiary/aromatic N) is 3. The number of hydrogen-bond acceptors (Lipinski definition) is 5. The molecule has 6 heteroatoms. The molecular weight excluding hydrogens is 302 g/mol. The Hall–Kier alpha value is -1.66. The quantitative estimate of drug-likeness (QED) is 0.419. The van der Waals surface area contributed by atoms with Gasteiger partial charge in [-0.15, -0.1) is 11.3 Å². The zero-order chi connectivity index (χ0) is 15.0. The maximum absolute atomic E-state index is 12.4. The zero-order valence-corrected chi connectivity index (χ0v) is 13.7. The number of hydrogen-bond donors (Lipinski definition) is 0. The highest BCUT2D eigenvalue weighted by Gasteiger charge is 2.15. The highest BCUT2D eigenvalue weighted by atomic mass is 32.2. The van der Waals surface area contributed by atoms with E-state index in [2.05, 4.69) is 9.97 Å². The number of thiophene rings is 1. The van der Waals surface area contributed by atoms with Crippen LogP contribution >= 0.6 is 23.1 Å². The lowest BCUT2D eigenvalue weighted by atomic mass is 10.2. The van der Waals surface area contributed by atoms with Gasteiger partial charge < -0.3 is 4.57 Å². The van der Waals surface area contributed by atoms with Crippen LogP contribution in [0.2, 0.25) is 0 Å². The molecular formula is C15H15N3OS2. The standard InChI is InChI=1S/C15H15N3OS2/c1-9-6-11(10(2)18(9)3)13(19)7-21-15-14-12(4-5-20-14)16-8-17-15/h4-6,8H,7H2,1-3H3. The summed E-state index contributed by atoms with van der Waals surface area (Å²) in [6, 6.07) is 3.93. The van der Waals surface area contributed by atoms with Crippen LogP contribution in [0.15, 0.2) is 28.9 Å². The summed E-state index contributed by atoms with van der Waals surface area (Å²) in [6.07, 6.45) is 1.56. The monoisotopic (exact) mass is 317 g/mol. The van der Waals surface area contributed by atoms with Crippen molar-refractivity contribution in [3.8, 4) is 0 Å². The molecule has 0 atom stereocenters. The predicted octanol–water partition coefficient (Wildman–Crippen LogP) is 3.62. The molecule has 0 bridgehead atoms. The third-order valence-corrected chi connectivity index (χ3v) is 5.66. The zero-order valence-electron chi connectivity index (χ0n) is 12.1. The van der Waals surface area contributed by atoms with Crippen molar-refractivity contribution in [2.24, 2.45) is 7.05 Å². The van der Waals surface area contributed by atoms with Gasteiger partial charge in [0.1, 0.15) is 11.4 Å². The number of carbonyl (C=O) groups excluding carboxylic acids is 1. The molecule has 0 aliphatic rings. The molecule has 0 saturated heterocycles. The van der Waals surface area contributed by atoms with Crippen LogP contribution in [0, 0.1) is 13.8 Å². The summed E-state index contributed by atoms with van der Waals surface area (Å²) in [5.41, 5.74) is 3.86. The van der Waals surface area contributed by atoms with Crippen LogP contribution in [0.3, 0.4) is 0 Å². The molecule has 0 N–H and O–H groups in total. The average Bonchev–Trinajstić information content (AvgIpc) is 3.05. The average molecular weight is 317 g/mol. The van der Waals surface area contributed by atoms with E-state index in [1.165, 1.54) is 11.8 Å². The van der Waals surface area contributed by atoms with E-state index < -0.39 is 0 Å². The van der Waals surface area contributed by atoms with Crippen molar-refractivity contribution < 1.29 is 4.79 Å². The summed E-state index contributed by atoms with van der Waals surface area (Å²) in [7, 11) is 1.98. The third kappa shape index (κ3) is 2.61. The highest BCUT2D eigenvalue weighted by Crippen LogP contribution is 2.29. The minimum Gasteiger partial charge on any atom is -0.351 e. The number of rotatable bonds is 4. The van der Waals surface area contributed by atoms with Crippen molar-refractivity contribution in [2.75, 3.05) is 5.75 Å². The normalized spacial score (nSPS) is 11.2. The second-order valence-corrected chi connectivity index (χ2v) is 6.75. The summed E-state index contributed by atoms with van der Waals surface area (Å²) >= 11 is 3.09. The molecule has 108 valence electrons. The van der Waals surface area contributed by atoms with E-state index in [9.17, 15) is 4.79 Å². The fourth-order valence-electron chi connectivity index (χ4n) is 2.22. The van der Waals surface area contributed by atoms with Gasteiger partial charge in [0.2, 0.25) is 0 Å². The van der Waals surface area contributed by atoms with Gasteiger partial charge in [0.25, 0.3) is 0 Å². The summed E-state index contributed by atoms with van der Waals surface area (Å²) in [5.74, 6) is 0.540. The maximum Gasteiger partial charge on any atom is 0.174 e. The van der Waals surface area contributed by atoms with Crippen LogP contribution in [0.1, 0.15) is 21.7 Å². The molecule has 3 rings (SSSR count). The van der Waals surface area contributed by atoms with Gasteiger partial charge in [0, 0.05) is 24.0 Å². The summed E-state index contributed by atoms with van der Waals surface area (Å²) in [5, 5.41) is 2.88. The molecule has 3 aromatic rings. The van der Waals surface area contributed by atoms with Gasteiger partial charge in [-0.3, -0.25) is 4.79 Å². The maximum atomic E-state index is 12.4. The Labute approximate surface area is 131 Å². The molecule has 0 aliphatic carbocycles. The number of ketones is 1. The number of thioether (sulfide) groups is 1. The number of aromatic nitrogens is 3. The molecule has 3 aromatic heterocycles. The van der Waals surface area contributed by atoms with Gasteiger partial charge in [-0.05, 0) is 31.4 Å². The molecule has 0 aromatic carbocycles. The van der Waals surface area contributed by atoms with Crippen molar-refractivity contribution in [3.05, 3.63) is 40.8 Å². The fourth-order valence-corrected chi connectivity index (χ4v) is 4.05. The SMILES string of the molecule is Cc1cc(C(=O)CSc2ncnc3ccsc23)c(C)n1C. The molecule has 0 fully saturated rings. The van der Waals surface area contributed by atoms with E-state index in [1.54, 1.807) is 17.7 Å². The number of fused-ring (bicyclic) bond motifs is 1. The molecule has 0 spiro atoms. The van der Waals surface area contributed by atoms with E-state index in [1.807, 2.05) is 43.0 Å². The van der Waals surface area contributed by atoms with Crippen LogP contribution in [0.25, 0.3) is 10.2 Å². The first-order valence-corrected chi connectivity index (χ1v) is 8.41. The molecule has 3 heterocycles. The van der Waals surface area contributed by atoms with Crippen molar-refractivity contribution in [3.63, 3.8) is 0 Å². The van der Waals surface area contributed by atoms with Gasteiger partial charge in [-0.25, -0.2) is 9.97 Å². The first-order valence-electron chi connectivity index (χ1n) is 6.55. The van der Waals surface area contributed by atoms with Crippen LogP contribution in [0.5, 0.6) is 0 Å². The van der Waals surface area contributed by atoms with Crippen LogP contribution in [-0.2, 0) is 7.05 Å². The molecule has 0 radical (unpaired) electrons. The lowest BCUT2D eigenvalue weighted by molar-refractivity contribution is 0.102. The first kappa shape index (κ1) is 14.3. The third-order valence-electron chi connectivity index (χ3n) is 3.63. The largest absolute Gasteiger partial charge is 0.351 e. The number of Topliss-reactive ketones (excluding diaryl/α,β-unsaturated/α-hetero) is 1. The summed E-state index contributed by atoms with van der Waals surface area (Å²) in [6.45, 7) is 3.99. The van der Waals surface area contributed by atoms with E-state index in [0.717, 1.165) is 32.2 Å². The molecule has 0 unspecified atom stereocenters. The lowest BCUT2D eigenvalue weighted by Gasteiger charge is -2.03. The second-order valence-electron chi connectivity index (χ2n) is 4.87. The minimum atomic E-state index is 0.143. The van der Waals surface area contributed by atoms with Crippen molar-refractivity contribution in [2.45, 2.75) is 18.9 Å². The van der Waals surface area contributed by atoms with Crippen molar-refractivity contribution in [1.82, 2.24) is 14.5 Å². The second kappa shape index (κ2) is 5.61. The van der Waals surface area contributed by atoms with E-state index in [-0.39, 0.29) is 5.78 Å². The van der Waals surface area contributed by atoms with Gasteiger partial charge in [0.05, 0.1) is 16.0 Å². The Balaban J connectivity index is 1.80. The van der Waals surface area contributed by atoms with Gasteiger partial charge in [0.15, 0.2) is 5.78 Å². The van der Waals surface area contributed by atoms with Crippen molar-refractivity contribution in [1.29, 1.82) is 0 Å². The fraction of sp³-hybridized carbons (Fsp3) is 0.267. The van der Waals surface area contributed by atoms with E-state index >= 15 is 0 Å². The van der Waals surface area contributed by atoms with Gasteiger partial charge in [-0.1, -0.05) is 11.8 Å². The molecule has 4 nitrogen and oxygen atoms in total. The van der Waals surface area contributed by atoms with Crippen LogP contribution in [0.4, 0.5) is 0 Å². The van der Waals surface area contributed by atoms with E-state index in [4.69, 9.17) is 0 Å². The smallest absolute Gasteiger partial charge is 0.174 e. The number of carbonyl (C=O) groups is 1. The Kier molecular flexibility index (Phi) is 3.82. The van der Waals surface area contributed by atoms with Gasteiger partial charge in [-0.2, -0.15) is 0 Å².